The molecule has 0 atom stereocenters. The largest absolute Gasteiger partial charge is 2.00 e. The second-order valence-electron chi connectivity index (χ2n) is 0.471. The van der Waals surface area contributed by atoms with Gasteiger partial charge in [0.15, 0.2) is 0 Å². The van der Waals surface area contributed by atoms with Gasteiger partial charge in [-0.25, -0.2) is 0 Å². The Balaban J connectivity index is -0.0000000150. The maximum atomic E-state index is 7.76. The van der Waals surface area contributed by atoms with Crippen LogP contribution >= 0.6 is 0 Å². The zero-order chi connectivity index (χ0) is 3.41. The molecule has 0 aliphatic carbocycles. The Bertz CT molecular complexity index is 26.9. The molecule has 2 heteroatoms. The average molecular weight is 148 g/mol. The molecule has 1 nitrogen and oxygen atoms in total. The van der Waals surface area contributed by atoms with Crippen molar-refractivity contribution in [3.05, 3.63) is 12.7 Å². The molecule has 0 rings (SSSR count). The molecule has 0 heterocycles. The van der Waals surface area contributed by atoms with Crippen LogP contribution in [0.3, 0.4) is 0 Å². The van der Waals surface area contributed by atoms with Gasteiger partial charge in [0.2, 0.25) is 0 Å². The molecule has 0 bridgehead atoms. The Labute approximate surface area is 71.9 Å². The minimum atomic E-state index is 0. The molecule has 0 aromatic heterocycles. The molecule has 0 aliphatic rings. The van der Waals surface area contributed by atoms with Crippen LogP contribution < -0.4 is 0 Å². The fraction of sp³-hybridized carbons (Fsp3) is 0.333. The Morgan fingerprint density at radius 1 is 2.00 bits per heavy atom. The summed E-state index contributed by atoms with van der Waals surface area (Å²) in [6.45, 7) is 3.31. The quantitative estimate of drug-likeness (QED) is 0.410. The summed E-state index contributed by atoms with van der Waals surface area (Å²) in [6.07, 6.45) is 1.43. The van der Waals surface area contributed by atoms with Crippen LogP contribution in [0.4, 0.5) is 0 Å². The van der Waals surface area contributed by atoms with Crippen LogP contribution in [-0.4, -0.2) is 57.2 Å². The molecule has 0 saturated carbocycles. The minimum Gasteiger partial charge on any atom is -1.00 e. The van der Waals surface area contributed by atoms with Gasteiger partial charge in [-0.1, -0.05) is 6.08 Å². The summed E-state index contributed by atoms with van der Waals surface area (Å²) >= 11 is 0. The maximum Gasteiger partial charge on any atom is 2.00 e. The molecule has 5 heavy (non-hydrogen) atoms. The van der Waals surface area contributed by atoms with Gasteiger partial charge in [0.1, 0.15) is 0 Å². The van der Waals surface area contributed by atoms with E-state index in [0.29, 0.717) is 0 Å². The molecule has 0 spiro atoms. The van der Waals surface area contributed by atoms with Crippen molar-refractivity contribution >= 4 is 45.5 Å². The summed E-state index contributed by atoms with van der Waals surface area (Å²) in [4.78, 5) is 0. The van der Waals surface area contributed by atoms with Crippen LogP contribution in [0.1, 0.15) is 2.85 Å². The van der Waals surface area contributed by atoms with E-state index in [0.717, 1.165) is 0 Å². The molecule has 0 saturated heterocycles. The second kappa shape index (κ2) is 8.95. The second-order valence-corrected chi connectivity index (χ2v) is 0.471. The molecule has 0 amide bonds. The van der Waals surface area contributed by atoms with Crippen molar-refractivity contribution in [3.63, 3.8) is 0 Å². The van der Waals surface area contributed by atoms with Crippen LogP contribution in [0, 0.1) is 0 Å². The third-order valence-corrected chi connectivity index (χ3v) is 0.129. The van der Waals surface area contributed by atoms with Crippen LogP contribution in [0.25, 0.3) is 0 Å². The third kappa shape index (κ3) is 11.0. The first kappa shape index (κ1) is 9.49. The van der Waals surface area contributed by atoms with E-state index in [1.54, 1.807) is 0 Å². The Morgan fingerprint density at radius 2 is 2.20 bits per heavy atom. The first-order valence-corrected chi connectivity index (χ1v) is 1.13. The minimum absolute atomic E-state index is 0. The van der Waals surface area contributed by atoms with E-state index in [1.165, 1.54) is 6.08 Å². The van der Waals surface area contributed by atoms with E-state index in [1.807, 2.05) is 0 Å². The van der Waals surface area contributed by atoms with E-state index in [4.69, 9.17) is 5.11 Å². The molecule has 0 radical (unpaired) electrons. The van der Waals surface area contributed by atoms with Gasteiger partial charge in [0, 0.05) is 0 Å². The van der Waals surface area contributed by atoms with Crippen molar-refractivity contribution in [2.45, 2.75) is 0 Å². The Hall–Kier alpha value is 1.18. The fourth-order valence-corrected chi connectivity index (χ4v) is 0. The predicted octanol–water partition coefficient (Wildman–Crippen LogP) is 0.00890. The maximum absolute atomic E-state index is 7.76. The van der Waals surface area contributed by atoms with E-state index >= 15 is 0 Å². The summed E-state index contributed by atoms with van der Waals surface area (Å²) in [7, 11) is 0. The normalized spacial score (nSPS) is 5.00. The van der Waals surface area contributed by atoms with Crippen LogP contribution in [0.2, 0.25) is 0 Å². The molecule has 1 N–H and O–H groups in total. The van der Waals surface area contributed by atoms with Crippen molar-refractivity contribution in [3.8, 4) is 0 Å². The van der Waals surface area contributed by atoms with Gasteiger partial charge in [0.05, 0.1) is 6.61 Å². The Morgan fingerprint density at radius 3 is 2.20 bits per heavy atom. The van der Waals surface area contributed by atoms with Crippen molar-refractivity contribution in [2.75, 3.05) is 6.61 Å². The molecular weight excluding hydrogens is 140 g/mol. The van der Waals surface area contributed by atoms with Gasteiger partial charge >= 0.3 is 45.5 Å². The van der Waals surface area contributed by atoms with E-state index in [-0.39, 0.29) is 54.9 Å². The third-order valence-electron chi connectivity index (χ3n) is 0.129. The number of aliphatic hydroxyl groups excluding tert-OH is 1. The first-order chi connectivity index (χ1) is 1.91. The van der Waals surface area contributed by atoms with Crippen LogP contribution in [0.5, 0.6) is 0 Å². The number of rotatable bonds is 1. The number of hydrogen-bond acceptors (Lipinski definition) is 1. The fourth-order valence-electron chi connectivity index (χ4n) is 0. The van der Waals surface area contributed by atoms with Gasteiger partial charge in [-0.3, -0.25) is 0 Å². The summed E-state index contributed by atoms with van der Waals surface area (Å²) in [5.74, 6) is 0. The topological polar surface area (TPSA) is 20.2 Å². The number of aliphatic hydroxyl groups is 1. The van der Waals surface area contributed by atoms with Gasteiger partial charge < -0.3 is 7.96 Å². The molecule has 0 unspecified atom stereocenters. The van der Waals surface area contributed by atoms with Gasteiger partial charge in [0.25, 0.3) is 0 Å². The van der Waals surface area contributed by atoms with Crippen molar-refractivity contribution in [2.24, 2.45) is 0 Å². The summed E-state index contributed by atoms with van der Waals surface area (Å²) < 4.78 is 0. The predicted molar refractivity (Wildman–Crippen MR) is 25.3 cm³/mol. The van der Waals surface area contributed by atoms with Gasteiger partial charge in [-0.05, 0) is 0 Å². The standard InChI is InChI=1S/C3H6O.Sr.2H/c1-2-3-4;;;/h2,4H,1,3H2;;;/q;+2;2*-1. The van der Waals surface area contributed by atoms with E-state index < -0.39 is 0 Å². The number of hydrogen-bond donors (Lipinski definition) is 1. The van der Waals surface area contributed by atoms with Crippen molar-refractivity contribution < 1.29 is 7.96 Å². The smallest absolute Gasteiger partial charge is 1.00 e. The molecular formula is C3H8OSr. The van der Waals surface area contributed by atoms with Crippen LogP contribution in [0.15, 0.2) is 12.7 Å². The van der Waals surface area contributed by atoms with Crippen molar-refractivity contribution in [1.82, 2.24) is 0 Å². The SMILES string of the molecule is C=CCO.[H-].[H-].[Sr+2]. The van der Waals surface area contributed by atoms with Gasteiger partial charge in [-0.15, -0.1) is 6.58 Å². The zero-order valence-corrected chi connectivity index (χ0v) is 6.62. The first-order valence-electron chi connectivity index (χ1n) is 1.13. The molecule has 28 valence electrons. The summed E-state index contributed by atoms with van der Waals surface area (Å²) in [5.41, 5.74) is 0. The van der Waals surface area contributed by atoms with Crippen LogP contribution in [-0.2, 0) is 0 Å². The van der Waals surface area contributed by atoms with Gasteiger partial charge in [-0.2, -0.15) is 0 Å². The summed E-state index contributed by atoms with van der Waals surface area (Å²) in [6, 6.07) is 0. The van der Waals surface area contributed by atoms with Crippen molar-refractivity contribution in [1.29, 1.82) is 0 Å². The average Bonchev–Trinajstić information content (AvgIpc) is 1.37. The zero-order valence-electron chi connectivity index (χ0n) is 5.15. The summed E-state index contributed by atoms with van der Waals surface area (Å²) in [5, 5.41) is 7.76. The molecule has 0 fully saturated rings. The molecule has 0 aliphatic heterocycles. The molecule has 0 aromatic rings. The van der Waals surface area contributed by atoms with E-state index in [9.17, 15) is 0 Å². The monoisotopic (exact) mass is 148 g/mol. The van der Waals surface area contributed by atoms with E-state index in [2.05, 4.69) is 6.58 Å². The molecule has 0 aromatic carbocycles. The Kier molecular flexibility index (Phi) is 17.0.